The molecule has 3 heterocycles. The molecule has 1 spiro atoms. The predicted molar refractivity (Wildman–Crippen MR) is 105 cm³/mol. The smallest absolute Gasteiger partial charge is 0.341 e. The first-order valence-electron chi connectivity index (χ1n) is 9.86. The standard InChI is InChI=1S/C21H26N2O6/c1-27-7-4-8-29-17-9-13-11-21(5-3-6-21)23-12-14(20(25)26)16(24)10-15(23)18(13)22-19(17)28-2/h9-10,12,19,22H,3-8,11H2,1-2H3,(H,25,26). The number of aromatic carboxylic acids is 1. The van der Waals surface area contributed by atoms with Crippen LogP contribution < -0.4 is 10.7 Å². The van der Waals surface area contributed by atoms with Crippen molar-refractivity contribution in [3.05, 3.63) is 51.2 Å². The molecular weight excluding hydrogens is 376 g/mol. The van der Waals surface area contributed by atoms with Crippen LogP contribution in [0.15, 0.2) is 34.5 Å². The quantitative estimate of drug-likeness (QED) is 0.674. The van der Waals surface area contributed by atoms with Crippen LogP contribution in [0.5, 0.6) is 0 Å². The van der Waals surface area contributed by atoms with E-state index < -0.39 is 17.6 Å². The number of nitrogens with one attached hydrogen (secondary N) is 1. The van der Waals surface area contributed by atoms with Crippen LogP contribution in [-0.2, 0) is 19.7 Å². The average molecular weight is 402 g/mol. The molecule has 156 valence electrons. The zero-order valence-corrected chi connectivity index (χ0v) is 16.7. The third-order valence-corrected chi connectivity index (χ3v) is 6.02. The third kappa shape index (κ3) is 3.36. The third-order valence-electron chi connectivity index (χ3n) is 6.02. The second-order valence-electron chi connectivity index (χ2n) is 7.77. The van der Waals surface area contributed by atoms with Gasteiger partial charge in [0.1, 0.15) is 11.3 Å². The van der Waals surface area contributed by atoms with E-state index in [2.05, 4.69) is 5.32 Å². The molecule has 0 radical (unpaired) electrons. The van der Waals surface area contributed by atoms with Crippen LogP contribution in [0, 0.1) is 0 Å². The number of hydrogen-bond acceptors (Lipinski definition) is 6. The molecule has 0 aromatic carbocycles. The van der Waals surface area contributed by atoms with Crippen LogP contribution in [0.3, 0.4) is 0 Å². The van der Waals surface area contributed by atoms with E-state index in [0.29, 0.717) is 24.7 Å². The Morgan fingerprint density at radius 3 is 2.76 bits per heavy atom. The molecule has 0 amide bonds. The number of methoxy groups -OCH3 is 2. The van der Waals surface area contributed by atoms with Crippen LogP contribution >= 0.6 is 0 Å². The number of carboxylic acid groups (broad SMARTS) is 1. The minimum atomic E-state index is -1.20. The average Bonchev–Trinajstić information content (AvgIpc) is 2.68. The maximum Gasteiger partial charge on any atom is 0.341 e. The van der Waals surface area contributed by atoms with Crippen molar-refractivity contribution in [2.75, 3.05) is 27.4 Å². The van der Waals surface area contributed by atoms with E-state index in [9.17, 15) is 14.7 Å². The zero-order valence-electron chi connectivity index (χ0n) is 16.7. The fourth-order valence-electron chi connectivity index (χ4n) is 4.40. The molecule has 1 aliphatic carbocycles. The van der Waals surface area contributed by atoms with Crippen molar-refractivity contribution in [3.8, 4) is 0 Å². The van der Waals surface area contributed by atoms with E-state index in [1.54, 1.807) is 14.2 Å². The van der Waals surface area contributed by atoms with Crippen LogP contribution in [0.2, 0.25) is 0 Å². The highest BCUT2D eigenvalue weighted by atomic mass is 16.5. The van der Waals surface area contributed by atoms with E-state index >= 15 is 0 Å². The van der Waals surface area contributed by atoms with Crippen molar-refractivity contribution in [2.45, 2.75) is 43.9 Å². The van der Waals surface area contributed by atoms with Gasteiger partial charge in [0.2, 0.25) is 0 Å². The number of rotatable bonds is 7. The molecule has 0 bridgehead atoms. The van der Waals surface area contributed by atoms with Gasteiger partial charge in [-0.05, 0) is 37.3 Å². The van der Waals surface area contributed by atoms with E-state index in [0.717, 1.165) is 43.4 Å². The largest absolute Gasteiger partial charge is 0.493 e. The number of allylic oxidation sites excluding steroid dienone is 2. The van der Waals surface area contributed by atoms with Crippen molar-refractivity contribution in [1.82, 2.24) is 9.88 Å². The number of carboxylic acids is 1. The lowest BCUT2D eigenvalue weighted by atomic mass is 9.69. The van der Waals surface area contributed by atoms with Gasteiger partial charge in [-0.25, -0.2) is 4.79 Å². The van der Waals surface area contributed by atoms with Gasteiger partial charge in [-0.15, -0.1) is 0 Å². The summed E-state index contributed by atoms with van der Waals surface area (Å²) in [5.41, 5.74) is 1.69. The molecule has 8 nitrogen and oxygen atoms in total. The highest BCUT2D eigenvalue weighted by Gasteiger charge is 2.45. The van der Waals surface area contributed by atoms with Crippen molar-refractivity contribution < 1.29 is 24.1 Å². The number of fused-ring (bicyclic) bond motifs is 3. The fourth-order valence-corrected chi connectivity index (χ4v) is 4.40. The van der Waals surface area contributed by atoms with Crippen molar-refractivity contribution >= 4 is 11.7 Å². The van der Waals surface area contributed by atoms with E-state index in [4.69, 9.17) is 14.2 Å². The number of nitrogens with zero attached hydrogens (tertiary/aromatic N) is 1. The molecule has 0 saturated heterocycles. The van der Waals surface area contributed by atoms with E-state index in [1.165, 1.54) is 12.3 Å². The number of hydrogen-bond donors (Lipinski definition) is 2. The molecule has 1 aromatic heterocycles. The second kappa shape index (κ2) is 7.68. The molecular formula is C21H26N2O6. The minimum Gasteiger partial charge on any atom is -0.493 e. The van der Waals surface area contributed by atoms with E-state index in [1.807, 2.05) is 10.6 Å². The molecule has 29 heavy (non-hydrogen) atoms. The summed E-state index contributed by atoms with van der Waals surface area (Å²) in [4.78, 5) is 23.9. The molecule has 8 heteroatoms. The molecule has 1 saturated carbocycles. The summed E-state index contributed by atoms with van der Waals surface area (Å²) in [5, 5.41) is 12.7. The van der Waals surface area contributed by atoms with Crippen molar-refractivity contribution in [2.24, 2.45) is 0 Å². The second-order valence-corrected chi connectivity index (χ2v) is 7.77. The first kappa shape index (κ1) is 19.7. The van der Waals surface area contributed by atoms with Crippen LogP contribution in [-0.4, -0.2) is 49.3 Å². The number of carbonyl (C=O) groups is 1. The van der Waals surface area contributed by atoms with Crippen molar-refractivity contribution in [3.63, 3.8) is 0 Å². The Hall–Kier alpha value is -2.58. The SMILES string of the molecule is COCCCOC1=CC2=C(NC1OC)c1cc(=O)c(C(=O)O)cn1C1(CCC1)C2. The Bertz CT molecular complexity index is 941. The number of aromatic nitrogens is 1. The van der Waals surface area contributed by atoms with Crippen LogP contribution in [0.25, 0.3) is 5.70 Å². The highest BCUT2D eigenvalue weighted by molar-refractivity contribution is 5.87. The monoisotopic (exact) mass is 402 g/mol. The molecule has 4 rings (SSSR count). The normalized spacial score (nSPS) is 21.6. The molecule has 3 aliphatic rings. The lowest BCUT2D eigenvalue weighted by molar-refractivity contribution is 0.0429. The highest BCUT2D eigenvalue weighted by Crippen LogP contribution is 2.50. The van der Waals surface area contributed by atoms with Crippen LogP contribution in [0.1, 0.15) is 48.2 Å². The Kier molecular flexibility index (Phi) is 5.23. The summed E-state index contributed by atoms with van der Waals surface area (Å²) in [5.74, 6) is -0.493. The summed E-state index contributed by atoms with van der Waals surface area (Å²) >= 11 is 0. The first-order valence-corrected chi connectivity index (χ1v) is 9.86. The number of ether oxygens (including phenoxy) is 3. The summed E-state index contributed by atoms with van der Waals surface area (Å²) < 4.78 is 18.5. The van der Waals surface area contributed by atoms with Gasteiger partial charge in [0.15, 0.2) is 11.7 Å². The minimum absolute atomic E-state index is 0.189. The topological polar surface area (TPSA) is 99.0 Å². The lowest BCUT2D eigenvalue weighted by Crippen LogP contribution is -2.48. The predicted octanol–water partition coefficient (Wildman–Crippen LogP) is 2.05. The summed E-state index contributed by atoms with van der Waals surface area (Å²) in [7, 11) is 3.25. The summed E-state index contributed by atoms with van der Waals surface area (Å²) in [6, 6.07) is 1.43. The van der Waals surface area contributed by atoms with Crippen molar-refractivity contribution in [1.29, 1.82) is 0 Å². The lowest BCUT2D eigenvalue weighted by Gasteiger charge is -2.50. The molecule has 1 unspecified atom stereocenters. The number of dihydropyridines is 1. The maximum atomic E-state index is 12.4. The van der Waals surface area contributed by atoms with Gasteiger partial charge in [-0.3, -0.25) is 4.79 Å². The number of pyridine rings is 1. The molecule has 1 aromatic rings. The van der Waals surface area contributed by atoms with Crippen LogP contribution in [0.4, 0.5) is 0 Å². The Balaban J connectivity index is 1.75. The summed E-state index contributed by atoms with van der Waals surface area (Å²) in [6.45, 7) is 1.14. The first-order chi connectivity index (χ1) is 14.0. The maximum absolute atomic E-state index is 12.4. The van der Waals surface area contributed by atoms with E-state index in [-0.39, 0.29) is 11.1 Å². The summed E-state index contributed by atoms with van der Waals surface area (Å²) in [6.07, 6.45) is 7.54. The Labute approximate surface area is 168 Å². The molecule has 2 N–H and O–H groups in total. The van der Waals surface area contributed by atoms with Gasteiger partial charge in [0.25, 0.3) is 0 Å². The Morgan fingerprint density at radius 1 is 1.34 bits per heavy atom. The zero-order chi connectivity index (χ0) is 20.6. The molecule has 1 atom stereocenters. The fraction of sp³-hybridized carbons (Fsp3) is 0.524. The molecule has 1 fully saturated rings. The Morgan fingerprint density at radius 2 is 2.14 bits per heavy atom. The van der Waals surface area contributed by atoms with Gasteiger partial charge in [0.05, 0.1) is 18.0 Å². The van der Waals surface area contributed by atoms with Gasteiger partial charge in [-0.1, -0.05) is 0 Å². The molecule has 2 aliphatic heterocycles. The van der Waals surface area contributed by atoms with Gasteiger partial charge < -0.3 is 29.2 Å². The van der Waals surface area contributed by atoms with Gasteiger partial charge in [-0.2, -0.15) is 0 Å². The van der Waals surface area contributed by atoms with Gasteiger partial charge in [0, 0.05) is 45.0 Å². The van der Waals surface area contributed by atoms with Gasteiger partial charge >= 0.3 is 5.97 Å².